The highest BCUT2D eigenvalue weighted by molar-refractivity contribution is 7.89. The third-order valence-electron chi connectivity index (χ3n) is 2.44. The Kier molecular flexibility index (Phi) is 5.37. The summed E-state index contributed by atoms with van der Waals surface area (Å²) in [6, 6.07) is 1.91. The molecule has 0 radical (unpaired) electrons. The highest BCUT2D eigenvalue weighted by Crippen LogP contribution is 2.19. The van der Waals surface area contributed by atoms with Gasteiger partial charge in [-0.2, -0.15) is 0 Å². The highest BCUT2D eigenvalue weighted by Gasteiger charge is 2.20. The van der Waals surface area contributed by atoms with Gasteiger partial charge in [-0.05, 0) is 13.3 Å². The van der Waals surface area contributed by atoms with Crippen LogP contribution in [0.2, 0.25) is 0 Å². The number of sulfonamides is 1. The zero-order valence-corrected chi connectivity index (χ0v) is 12.2. The van der Waals surface area contributed by atoms with Crippen molar-refractivity contribution in [3.8, 4) is 0 Å². The third-order valence-corrected chi connectivity index (χ3v) is 4.01. The van der Waals surface area contributed by atoms with Crippen LogP contribution in [-0.2, 0) is 16.6 Å². The van der Waals surface area contributed by atoms with Crippen LogP contribution in [0, 0.1) is 6.92 Å². The van der Waals surface area contributed by atoms with Crippen molar-refractivity contribution < 1.29 is 12.8 Å². The van der Waals surface area contributed by atoms with Crippen molar-refractivity contribution in [3.05, 3.63) is 17.6 Å². The minimum atomic E-state index is -3.44. The molecule has 0 spiro atoms. The first kappa shape index (κ1) is 15.2. The average Bonchev–Trinajstić information content (AvgIpc) is 2.66. The van der Waals surface area contributed by atoms with Crippen LogP contribution in [-0.4, -0.2) is 21.0 Å². The minimum Gasteiger partial charge on any atom is -0.464 e. The normalized spacial score (nSPS) is 12.3. The summed E-state index contributed by atoms with van der Waals surface area (Å²) in [5, 5.41) is 3.19. The summed E-state index contributed by atoms with van der Waals surface area (Å²) in [7, 11) is -3.44. The monoisotopic (exact) mass is 274 g/mol. The Bertz CT molecular complexity index is 478. The number of furan rings is 1. The van der Waals surface area contributed by atoms with E-state index in [1.54, 1.807) is 13.0 Å². The van der Waals surface area contributed by atoms with E-state index in [2.05, 4.69) is 10.0 Å². The number of aryl methyl sites for hydroxylation is 1. The van der Waals surface area contributed by atoms with Gasteiger partial charge in [0.05, 0.1) is 6.54 Å². The van der Waals surface area contributed by atoms with Gasteiger partial charge in [0.15, 0.2) is 0 Å². The van der Waals surface area contributed by atoms with Crippen molar-refractivity contribution >= 4 is 10.0 Å². The molecule has 0 amide bonds. The lowest BCUT2D eigenvalue weighted by Crippen LogP contribution is -2.24. The highest BCUT2D eigenvalue weighted by atomic mass is 32.2. The summed E-state index contributed by atoms with van der Waals surface area (Å²) in [4.78, 5) is 0.233. The molecule has 5 nitrogen and oxygen atoms in total. The summed E-state index contributed by atoms with van der Waals surface area (Å²) < 4.78 is 31.9. The van der Waals surface area contributed by atoms with Gasteiger partial charge in [0.1, 0.15) is 16.4 Å². The molecule has 1 aromatic heterocycles. The second kappa shape index (κ2) is 6.36. The lowest BCUT2D eigenvalue weighted by atomic mass is 10.3. The summed E-state index contributed by atoms with van der Waals surface area (Å²) >= 11 is 0. The first-order chi connectivity index (χ1) is 8.36. The summed E-state index contributed by atoms with van der Waals surface area (Å²) in [6.45, 7) is 8.60. The van der Waals surface area contributed by atoms with Gasteiger partial charge in [-0.3, -0.25) is 0 Å². The van der Waals surface area contributed by atoms with E-state index < -0.39 is 10.0 Å². The number of hydrogen-bond acceptors (Lipinski definition) is 4. The van der Waals surface area contributed by atoms with E-state index in [0.29, 0.717) is 30.7 Å². The second-order valence-corrected chi connectivity index (χ2v) is 6.30. The molecule has 104 valence electrons. The maximum atomic E-state index is 12.0. The molecule has 0 saturated heterocycles. The molecule has 6 heteroatoms. The zero-order chi connectivity index (χ0) is 13.8. The van der Waals surface area contributed by atoms with E-state index in [1.807, 2.05) is 20.8 Å². The van der Waals surface area contributed by atoms with Crippen LogP contribution in [0.4, 0.5) is 0 Å². The Balaban J connectivity index is 2.84. The molecular formula is C12H22N2O3S. The predicted octanol–water partition coefficient (Wildman–Crippen LogP) is 1.77. The van der Waals surface area contributed by atoms with Gasteiger partial charge in [-0.1, -0.05) is 20.8 Å². The number of nitrogens with one attached hydrogen (secondary N) is 2. The smallest absolute Gasteiger partial charge is 0.244 e. The second-order valence-electron chi connectivity index (χ2n) is 4.57. The molecule has 1 aromatic rings. The number of hydrogen-bond donors (Lipinski definition) is 2. The van der Waals surface area contributed by atoms with E-state index in [1.165, 1.54) is 0 Å². The van der Waals surface area contributed by atoms with Gasteiger partial charge >= 0.3 is 0 Å². The first-order valence-corrected chi connectivity index (χ1v) is 7.67. The quantitative estimate of drug-likeness (QED) is 0.795. The van der Waals surface area contributed by atoms with Crippen LogP contribution in [0.5, 0.6) is 0 Å². The van der Waals surface area contributed by atoms with Gasteiger partial charge in [0.2, 0.25) is 10.0 Å². The van der Waals surface area contributed by atoms with Crippen molar-refractivity contribution in [1.29, 1.82) is 0 Å². The van der Waals surface area contributed by atoms with Crippen LogP contribution in [0.3, 0.4) is 0 Å². The topological polar surface area (TPSA) is 71.3 Å². The summed E-state index contributed by atoms with van der Waals surface area (Å²) in [6.07, 6.45) is 0.762. The molecule has 0 aliphatic carbocycles. The van der Waals surface area contributed by atoms with Crippen molar-refractivity contribution in [2.75, 3.05) is 6.54 Å². The van der Waals surface area contributed by atoms with E-state index in [4.69, 9.17) is 4.42 Å². The fourth-order valence-corrected chi connectivity index (χ4v) is 2.83. The standard InChI is InChI=1S/C12H22N2O3S/c1-5-6-14-18(15,16)12-7-11(17-10(12)4)8-13-9(2)3/h7,9,13-14H,5-6,8H2,1-4H3. The third kappa shape index (κ3) is 4.12. The van der Waals surface area contributed by atoms with Gasteiger partial charge < -0.3 is 9.73 Å². The van der Waals surface area contributed by atoms with Crippen LogP contribution >= 0.6 is 0 Å². The molecule has 0 aliphatic rings. The van der Waals surface area contributed by atoms with E-state index in [0.717, 1.165) is 6.42 Å². The molecule has 0 fully saturated rings. The van der Waals surface area contributed by atoms with E-state index in [-0.39, 0.29) is 4.90 Å². The molecule has 1 rings (SSSR count). The van der Waals surface area contributed by atoms with Crippen LogP contribution in [0.15, 0.2) is 15.4 Å². The van der Waals surface area contributed by atoms with Gasteiger partial charge in [-0.25, -0.2) is 13.1 Å². The molecule has 2 N–H and O–H groups in total. The first-order valence-electron chi connectivity index (χ1n) is 6.19. The molecule has 0 saturated carbocycles. The molecule has 0 aliphatic heterocycles. The molecule has 0 bridgehead atoms. The van der Waals surface area contributed by atoms with Crippen LogP contribution in [0.1, 0.15) is 38.7 Å². The van der Waals surface area contributed by atoms with Crippen molar-refractivity contribution in [2.24, 2.45) is 0 Å². The Morgan fingerprint density at radius 3 is 2.61 bits per heavy atom. The van der Waals surface area contributed by atoms with Gasteiger partial charge in [-0.15, -0.1) is 0 Å². The fourth-order valence-electron chi connectivity index (χ4n) is 1.50. The number of rotatable bonds is 7. The van der Waals surface area contributed by atoms with Crippen molar-refractivity contribution in [3.63, 3.8) is 0 Å². The largest absolute Gasteiger partial charge is 0.464 e. The Labute approximate surface area is 109 Å². The van der Waals surface area contributed by atoms with E-state index >= 15 is 0 Å². The SMILES string of the molecule is CCCNS(=O)(=O)c1cc(CNC(C)C)oc1C. The Hall–Kier alpha value is -0.850. The van der Waals surface area contributed by atoms with Crippen molar-refractivity contribution in [1.82, 2.24) is 10.0 Å². The fraction of sp³-hybridized carbons (Fsp3) is 0.667. The maximum absolute atomic E-state index is 12.0. The Morgan fingerprint density at radius 1 is 1.39 bits per heavy atom. The maximum Gasteiger partial charge on any atom is 0.244 e. The predicted molar refractivity (Wildman–Crippen MR) is 70.9 cm³/mol. The van der Waals surface area contributed by atoms with Gasteiger partial charge in [0.25, 0.3) is 0 Å². The molecule has 18 heavy (non-hydrogen) atoms. The average molecular weight is 274 g/mol. The van der Waals surface area contributed by atoms with Gasteiger partial charge in [0, 0.05) is 18.7 Å². The lowest BCUT2D eigenvalue weighted by Gasteiger charge is -2.04. The van der Waals surface area contributed by atoms with Crippen LogP contribution in [0.25, 0.3) is 0 Å². The molecule has 0 aromatic carbocycles. The Morgan fingerprint density at radius 2 is 2.06 bits per heavy atom. The zero-order valence-electron chi connectivity index (χ0n) is 11.4. The molecule has 1 heterocycles. The summed E-state index contributed by atoms with van der Waals surface area (Å²) in [5.41, 5.74) is 0. The molecular weight excluding hydrogens is 252 g/mol. The molecule has 0 unspecified atom stereocenters. The van der Waals surface area contributed by atoms with E-state index in [9.17, 15) is 8.42 Å². The molecule has 0 atom stereocenters. The van der Waals surface area contributed by atoms with Crippen molar-refractivity contribution in [2.45, 2.75) is 51.6 Å². The van der Waals surface area contributed by atoms with Crippen LogP contribution < -0.4 is 10.0 Å². The summed E-state index contributed by atoms with van der Waals surface area (Å²) in [5.74, 6) is 1.07. The lowest BCUT2D eigenvalue weighted by molar-refractivity contribution is 0.444. The minimum absolute atomic E-state index is 0.233.